The minimum atomic E-state index is 0.000775. The maximum atomic E-state index is 8.83. The first-order chi connectivity index (χ1) is 7.79. The van der Waals surface area contributed by atoms with Crippen LogP contribution in [-0.2, 0) is 6.54 Å². The Morgan fingerprint density at radius 2 is 1.88 bits per heavy atom. The van der Waals surface area contributed by atoms with Crippen LogP contribution in [0.4, 0.5) is 0 Å². The summed E-state index contributed by atoms with van der Waals surface area (Å²) < 4.78 is 0. The second kappa shape index (κ2) is 5.14. The van der Waals surface area contributed by atoms with Crippen LogP contribution in [0.3, 0.4) is 0 Å². The molecule has 16 heavy (non-hydrogen) atoms. The minimum absolute atomic E-state index is 0.000775. The summed E-state index contributed by atoms with van der Waals surface area (Å²) in [7, 11) is 0. The van der Waals surface area contributed by atoms with Gasteiger partial charge >= 0.3 is 0 Å². The molecule has 0 radical (unpaired) electrons. The van der Waals surface area contributed by atoms with Crippen molar-refractivity contribution in [3.05, 3.63) is 35.4 Å². The summed E-state index contributed by atoms with van der Waals surface area (Å²) in [5.41, 5.74) is 2.48. The zero-order valence-corrected chi connectivity index (χ0v) is 9.82. The first kappa shape index (κ1) is 11.2. The van der Waals surface area contributed by atoms with E-state index in [1.165, 1.54) is 31.5 Å². The second-order valence-corrected chi connectivity index (χ2v) is 4.58. The van der Waals surface area contributed by atoms with E-state index in [1.54, 1.807) is 0 Å². The van der Waals surface area contributed by atoms with Gasteiger partial charge in [-0.15, -0.1) is 0 Å². The molecule has 1 saturated heterocycles. The highest BCUT2D eigenvalue weighted by Crippen LogP contribution is 2.17. The van der Waals surface area contributed by atoms with E-state index in [0.29, 0.717) is 0 Å². The van der Waals surface area contributed by atoms with E-state index in [2.05, 4.69) is 35.2 Å². The van der Waals surface area contributed by atoms with Crippen molar-refractivity contribution >= 4 is 0 Å². The van der Waals surface area contributed by atoms with Gasteiger partial charge in [0.25, 0.3) is 0 Å². The fraction of sp³-hybridized carbons (Fsp3) is 0.500. The van der Waals surface area contributed by atoms with Crippen molar-refractivity contribution in [3.8, 4) is 6.07 Å². The lowest BCUT2D eigenvalue weighted by Crippen LogP contribution is -2.18. The average Bonchev–Trinajstić information content (AvgIpc) is 2.82. The molecule has 1 aliphatic heterocycles. The summed E-state index contributed by atoms with van der Waals surface area (Å²) in [5, 5.41) is 8.83. The van der Waals surface area contributed by atoms with Gasteiger partial charge in [0, 0.05) is 6.54 Å². The van der Waals surface area contributed by atoms with Gasteiger partial charge in [0.2, 0.25) is 0 Å². The molecule has 1 atom stereocenters. The van der Waals surface area contributed by atoms with Crippen molar-refractivity contribution in [1.82, 2.24) is 4.90 Å². The van der Waals surface area contributed by atoms with E-state index in [-0.39, 0.29) is 5.92 Å². The third kappa shape index (κ3) is 2.62. The molecule has 1 fully saturated rings. The summed E-state index contributed by atoms with van der Waals surface area (Å²) in [4.78, 5) is 2.49. The van der Waals surface area contributed by atoms with Crippen molar-refractivity contribution in [2.45, 2.75) is 32.2 Å². The fourth-order valence-corrected chi connectivity index (χ4v) is 2.19. The largest absolute Gasteiger partial charge is 0.299 e. The zero-order chi connectivity index (χ0) is 11.4. The molecule has 0 aromatic heterocycles. The van der Waals surface area contributed by atoms with Crippen molar-refractivity contribution < 1.29 is 0 Å². The van der Waals surface area contributed by atoms with Gasteiger partial charge in [-0.05, 0) is 44.0 Å². The van der Waals surface area contributed by atoms with Gasteiger partial charge in [-0.25, -0.2) is 0 Å². The Hall–Kier alpha value is -1.33. The Morgan fingerprint density at radius 1 is 1.25 bits per heavy atom. The maximum Gasteiger partial charge on any atom is 0.0700 e. The van der Waals surface area contributed by atoms with Gasteiger partial charge < -0.3 is 0 Å². The summed E-state index contributed by atoms with van der Waals surface area (Å²) in [5.74, 6) is 0.000775. The summed E-state index contributed by atoms with van der Waals surface area (Å²) in [6.45, 7) is 5.46. The zero-order valence-electron chi connectivity index (χ0n) is 9.82. The first-order valence-corrected chi connectivity index (χ1v) is 6.00. The van der Waals surface area contributed by atoms with Crippen molar-refractivity contribution in [2.75, 3.05) is 13.1 Å². The average molecular weight is 214 g/mol. The lowest BCUT2D eigenvalue weighted by molar-refractivity contribution is 0.331. The molecule has 0 aliphatic carbocycles. The van der Waals surface area contributed by atoms with Crippen molar-refractivity contribution in [1.29, 1.82) is 5.26 Å². The van der Waals surface area contributed by atoms with Crippen LogP contribution in [0.2, 0.25) is 0 Å². The van der Waals surface area contributed by atoms with Gasteiger partial charge in [-0.2, -0.15) is 5.26 Å². The van der Waals surface area contributed by atoms with E-state index in [9.17, 15) is 0 Å². The SMILES string of the molecule is CC(C#N)c1ccc(CN2CCCC2)cc1. The smallest absolute Gasteiger partial charge is 0.0700 e. The number of likely N-dealkylation sites (tertiary alicyclic amines) is 1. The van der Waals surface area contributed by atoms with Gasteiger partial charge in [0.05, 0.1) is 12.0 Å². The van der Waals surface area contributed by atoms with Gasteiger partial charge in [0.1, 0.15) is 0 Å². The number of hydrogen-bond donors (Lipinski definition) is 0. The Kier molecular flexibility index (Phi) is 3.58. The highest BCUT2D eigenvalue weighted by Gasteiger charge is 2.11. The lowest BCUT2D eigenvalue weighted by atomic mass is 10.0. The van der Waals surface area contributed by atoms with Crippen molar-refractivity contribution in [2.24, 2.45) is 0 Å². The molecule has 1 aromatic rings. The minimum Gasteiger partial charge on any atom is -0.299 e. The molecule has 1 aliphatic rings. The quantitative estimate of drug-likeness (QED) is 0.773. The highest BCUT2D eigenvalue weighted by atomic mass is 15.1. The fourth-order valence-electron chi connectivity index (χ4n) is 2.19. The van der Waals surface area contributed by atoms with E-state index < -0.39 is 0 Å². The topological polar surface area (TPSA) is 27.0 Å². The molecular weight excluding hydrogens is 196 g/mol. The first-order valence-electron chi connectivity index (χ1n) is 6.00. The van der Waals surface area contributed by atoms with E-state index in [0.717, 1.165) is 12.1 Å². The number of hydrogen-bond acceptors (Lipinski definition) is 2. The van der Waals surface area contributed by atoms with Crippen molar-refractivity contribution in [3.63, 3.8) is 0 Å². The van der Waals surface area contributed by atoms with E-state index >= 15 is 0 Å². The monoisotopic (exact) mass is 214 g/mol. The molecule has 0 saturated carbocycles. The van der Waals surface area contributed by atoms with Crippen LogP contribution in [-0.4, -0.2) is 18.0 Å². The molecule has 2 rings (SSSR count). The number of rotatable bonds is 3. The molecule has 1 unspecified atom stereocenters. The molecular formula is C14H18N2. The Balaban J connectivity index is 1.99. The van der Waals surface area contributed by atoms with Crippen LogP contribution >= 0.6 is 0 Å². The van der Waals surface area contributed by atoms with Crippen LogP contribution in [0.5, 0.6) is 0 Å². The number of nitrogens with zero attached hydrogens (tertiary/aromatic N) is 2. The van der Waals surface area contributed by atoms with Crippen LogP contribution in [0.1, 0.15) is 36.8 Å². The van der Waals surface area contributed by atoms with Gasteiger partial charge in [-0.1, -0.05) is 24.3 Å². The number of nitriles is 1. The van der Waals surface area contributed by atoms with Gasteiger partial charge in [0.15, 0.2) is 0 Å². The van der Waals surface area contributed by atoms with E-state index in [4.69, 9.17) is 5.26 Å². The Bertz CT molecular complexity index is 369. The molecule has 0 N–H and O–H groups in total. The predicted octanol–water partition coefficient (Wildman–Crippen LogP) is 2.91. The molecule has 84 valence electrons. The molecule has 0 amide bonds. The van der Waals surface area contributed by atoms with Crippen LogP contribution in [0.15, 0.2) is 24.3 Å². The predicted molar refractivity (Wildman–Crippen MR) is 65.0 cm³/mol. The molecule has 0 bridgehead atoms. The number of benzene rings is 1. The summed E-state index contributed by atoms with van der Waals surface area (Å²) >= 11 is 0. The molecule has 1 heterocycles. The van der Waals surface area contributed by atoms with Crippen LogP contribution in [0, 0.1) is 11.3 Å². The molecule has 2 nitrogen and oxygen atoms in total. The Morgan fingerprint density at radius 3 is 2.44 bits per heavy atom. The third-order valence-electron chi connectivity index (χ3n) is 3.28. The summed E-state index contributed by atoms with van der Waals surface area (Å²) in [6.07, 6.45) is 2.67. The molecule has 0 spiro atoms. The lowest BCUT2D eigenvalue weighted by Gasteiger charge is -2.14. The maximum absolute atomic E-state index is 8.83. The third-order valence-corrected chi connectivity index (χ3v) is 3.28. The molecule has 2 heteroatoms. The highest BCUT2D eigenvalue weighted by molar-refractivity contribution is 5.28. The van der Waals surface area contributed by atoms with Gasteiger partial charge in [-0.3, -0.25) is 4.90 Å². The van der Waals surface area contributed by atoms with Crippen LogP contribution in [0.25, 0.3) is 0 Å². The second-order valence-electron chi connectivity index (χ2n) is 4.58. The molecule has 1 aromatic carbocycles. The normalized spacial score (nSPS) is 18.2. The van der Waals surface area contributed by atoms with E-state index in [1.807, 2.05) is 6.92 Å². The standard InChI is InChI=1S/C14H18N2/c1-12(10-15)14-6-4-13(5-7-14)11-16-8-2-3-9-16/h4-7,12H,2-3,8-9,11H2,1H3. The summed E-state index contributed by atoms with van der Waals surface area (Å²) in [6, 6.07) is 10.7. The Labute approximate surface area is 97.5 Å². The van der Waals surface area contributed by atoms with Crippen LogP contribution < -0.4 is 0 Å².